The van der Waals surface area contributed by atoms with Gasteiger partial charge in [0.1, 0.15) is 0 Å². The summed E-state index contributed by atoms with van der Waals surface area (Å²) in [5, 5.41) is 0.768. The van der Waals surface area contributed by atoms with Crippen LogP contribution in [0.4, 0.5) is 0 Å². The molecule has 0 aliphatic rings. The molecule has 0 saturated heterocycles. The molecule has 0 aliphatic heterocycles. The summed E-state index contributed by atoms with van der Waals surface area (Å²) in [4.78, 5) is 41.7. The van der Waals surface area contributed by atoms with Gasteiger partial charge in [0.2, 0.25) is 0 Å². The molecule has 4 aromatic rings. The van der Waals surface area contributed by atoms with Crippen LogP contribution in [0.2, 0.25) is 0 Å². The van der Waals surface area contributed by atoms with E-state index in [-0.39, 0.29) is 0 Å². The molecular formula is C29H34N2O5. The molecule has 4 rings (SSSR count). The van der Waals surface area contributed by atoms with E-state index in [2.05, 4.69) is 4.98 Å². The van der Waals surface area contributed by atoms with Gasteiger partial charge in [-0.1, -0.05) is 43.2 Å². The third kappa shape index (κ3) is 4.55. The summed E-state index contributed by atoms with van der Waals surface area (Å²) in [6.07, 6.45) is 0.619. The number of carbonyl (C=O) groups is 1. The molecule has 2 aromatic carbocycles. The van der Waals surface area contributed by atoms with Gasteiger partial charge in [-0.25, -0.2) is 4.79 Å². The molecule has 2 heterocycles. The summed E-state index contributed by atoms with van der Waals surface area (Å²) in [5.74, 6) is -0.476. The lowest BCUT2D eigenvalue weighted by Gasteiger charge is -2.30. The van der Waals surface area contributed by atoms with Gasteiger partial charge < -0.3 is 14.5 Å². The molecule has 1 atom stereocenters. The number of unbranched alkanes of at least 4 members (excludes halogenated alkanes) is 1. The average Bonchev–Trinajstić information content (AvgIpc) is 3.15. The summed E-state index contributed by atoms with van der Waals surface area (Å²) in [7, 11) is 0. The number of aromatic amines is 1. The van der Waals surface area contributed by atoms with E-state index >= 15 is 0 Å². The maximum atomic E-state index is 13.5. The molecule has 1 N–H and O–H groups in total. The van der Waals surface area contributed by atoms with Crippen molar-refractivity contribution >= 4 is 22.4 Å². The van der Waals surface area contributed by atoms with Crippen LogP contribution in [0.3, 0.4) is 0 Å². The van der Waals surface area contributed by atoms with Crippen molar-refractivity contribution in [3.63, 3.8) is 0 Å². The zero-order valence-electron chi connectivity index (χ0n) is 22.1. The van der Waals surface area contributed by atoms with Gasteiger partial charge in [-0.3, -0.25) is 14.0 Å². The standard InChI is InChI=1S/C29H34N2O5/c1-8-9-14-35-28(34)25(36-29(5,6)7)21-18(4)23-24-20(22(21)19-12-10-16(2)11-13-19)15-17(3)31(24)27(33)26(32)30-23/h10-13,15,25H,8-9,14H2,1-7H3,(H,30,32)/t25-/m0/s1. The Morgan fingerprint density at radius 2 is 1.75 bits per heavy atom. The molecule has 0 unspecified atom stereocenters. The molecule has 7 nitrogen and oxygen atoms in total. The Labute approximate surface area is 210 Å². The highest BCUT2D eigenvalue weighted by Gasteiger charge is 2.35. The Balaban J connectivity index is 2.14. The van der Waals surface area contributed by atoms with Gasteiger partial charge >= 0.3 is 17.1 Å². The van der Waals surface area contributed by atoms with Gasteiger partial charge in [0.25, 0.3) is 0 Å². The van der Waals surface area contributed by atoms with Crippen LogP contribution in [-0.2, 0) is 14.3 Å². The van der Waals surface area contributed by atoms with Gasteiger partial charge in [0, 0.05) is 16.6 Å². The number of rotatable bonds is 7. The van der Waals surface area contributed by atoms with Crippen molar-refractivity contribution in [2.75, 3.05) is 6.61 Å². The molecule has 0 radical (unpaired) electrons. The molecule has 190 valence electrons. The number of esters is 1. The van der Waals surface area contributed by atoms with E-state index in [1.54, 1.807) is 6.92 Å². The predicted octanol–water partition coefficient (Wildman–Crippen LogP) is 5.37. The molecule has 0 fully saturated rings. The fourth-order valence-corrected chi connectivity index (χ4v) is 4.73. The summed E-state index contributed by atoms with van der Waals surface area (Å²) in [6, 6.07) is 9.92. The second-order valence-corrected chi connectivity index (χ2v) is 10.4. The fraction of sp³-hybridized carbons (Fsp3) is 0.414. The number of carbonyl (C=O) groups excluding carboxylic acids is 1. The fourth-order valence-electron chi connectivity index (χ4n) is 4.73. The van der Waals surface area contributed by atoms with E-state index < -0.39 is 28.8 Å². The van der Waals surface area contributed by atoms with Crippen LogP contribution in [-0.4, -0.2) is 27.6 Å². The van der Waals surface area contributed by atoms with Crippen LogP contribution < -0.4 is 11.1 Å². The summed E-state index contributed by atoms with van der Waals surface area (Å²) < 4.78 is 13.5. The Morgan fingerprint density at radius 3 is 2.36 bits per heavy atom. The highest BCUT2D eigenvalue weighted by Crippen LogP contribution is 2.43. The van der Waals surface area contributed by atoms with Crippen molar-refractivity contribution in [1.82, 2.24) is 9.38 Å². The first kappa shape index (κ1) is 25.6. The maximum Gasteiger partial charge on any atom is 0.340 e. The summed E-state index contributed by atoms with van der Waals surface area (Å²) in [5.41, 5.74) is 3.87. The first-order chi connectivity index (χ1) is 16.9. The van der Waals surface area contributed by atoms with E-state index in [0.29, 0.717) is 34.5 Å². The molecule has 0 spiro atoms. The van der Waals surface area contributed by atoms with Crippen molar-refractivity contribution in [2.45, 2.75) is 73.0 Å². The summed E-state index contributed by atoms with van der Waals surface area (Å²) >= 11 is 0. The largest absolute Gasteiger partial charge is 0.464 e. The number of hydrogen-bond donors (Lipinski definition) is 1. The van der Waals surface area contributed by atoms with Gasteiger partial charge in [0.05, 0.1) is 23.2 Å². The third-order valence-corrected chi connectivity index (χ3v) is 6.41. The minimum atomic E-state index is -1.03. The van der Waals surface area contributed by atoms with E-state index in [1.165, 1.54) is 4.40 Å². The summed E-state index contributed by atoms with van der Waals surface area (Å²) in [6.45, 7) is 13.7. The quantitative estimate of drug-likeness (QED) is 0.214. The Bertz CT molecular complexity index is 1540. The zero-order valence-corrected chi connectivity index (χ0v) is 22.1. The van der Waals surface area contributed by atoms with Crippen LogP contribution in [0, 0.1) is 20.8 Å². The highest BCUT2D eigenvalue weighted by atomic mass is 16.6. The van der Waals surface area contributed by atoms with E-state index in [1.807, 2.05) is 71.9 Å². The second kappa shape index (κ2) is 9.54. The number of ether oxygens (including phenoxy) is 2. The molecule has 0 bridgehead atoms. The minimum Gasteiger partial charge on any atom is -0.464 e. The smallest absolute Gasteiger partial charge is 0.340 e. The van der Waals surface area contributed by atoms with Crippen LogP contribution in [0.15, 0.2) is 39.9 Å². The lowest BCUT2D eigenvalue weighted by molar-refractivity contribution is -0.167. The number of benzene rings is 2. The predicted molar refractivity (Wildman–Crippen MR) is 142 cm³/mol. The van der Waals surface area contributed by atoms with Crippen molar-refractivity contribution in [2.24, 2.45) is 0 Å². The lowest BCUT2D eigenvalue weighted by Crippen LogP contribution is -2.33. The average molecular weight is 491 g/mol. The molecule has 0 saturated carbocycles. The molecular weight excluding hydrogens is 456 g/mol. The first-order valence-electron chi connectivity index (χ1n) is 12.4. The normalized spacial score (nSPS) is 13.0. The Morgan fingerprint density at radius 1 is 1.08 bits per heavy atom. The number of hydrogen-bond acceptors (Lipinski definition) is 5. The van der Waals surface area contributed by atoms with Gasteiger partial charge in [-0.15, -0.1) is 0 Å². The number of aromatic nitrogens is 2. The van der Waals surface area contributed by atoms with Crippen LogP contribution >= 0.6 is 0 Å². The topological polar surface area (TPSA) is 89.9 Å². The highest BCUT2D eigenvalue weighted by molar-refractivity contribution is 6.08. The van der Waals surface area contributed by atoms with E-state index in [0.717, 1.165) is 34.9 Å². The van der Waals surface area contributed by atoms with E-state index in [4.69, 9.17) is 9.47 Å². The Hall–Kier alpha value is -3.45. The lowest BCUT2D eigenvalue weighted by atomic mass is 9.88. The van der Waals surface area contributed by atoms with Gasteiger partial charge in [-0.05, 0) is 70.7 Å². The molecule has 0 amide bonds. The van der Waals surface area contributed by atoms with Gasteiger partial charge in [-0.2, -0.15) is 0 Å². The molecule has 0 aliphatic carbocycles. The monoisotopic (exact) mass is 490 g/mol. The second-order valence-electron chi connectivity index (χ2n) is 10.4. The number of aryl methyl sites for hydroxylation is 3. The zero-order chi connectivity index (χ0) is 26.4. The number of nitrogens with zero attached hydrogens (tertiary/aromatic N) is 1. The van der Waals surface area contributed by atoms with Gasteiger partial charge in [0.15, 0.2) is 6.10 Å². The molecule has 7 heteroatoms. The van der Waals surface area contributed by atoms with E-state index in [9.17, 15) is 14.4 Å². The minimum absolute atomic E-state index is 0.300. The number of H-pyrrole nitrogens is 1. The maximum absolute atomic E-state index is 13.5. The van der Waals surface area contributed by atoms with Crippen LogP contribution in [0.1, 0.15) is 69.0 Å². The van der Waals surface area contributed by atoms with Crippen molar-refractivity contribution < 1.29 is 14.3 Å². The SMILES string of the molecule is CCCCOC(=O)[C@@H](OC(C)(C)C)c1c(-c2ccc(C)cc2)c2cc(C)n3c(=O)c(=O)[nH]c(c1C)c23. The van der Waals surface area contributed by atoms with Crippen molar-refractivity contribution in [3.8, 4) is 11.1 Å². The first-order valence-corrected chi connectivity index (χ1v) is 12.4. The van der Waals surface area contributed by atoms with Crippen molar-refractivity contribution in [3.05, 3.63) is 73.4 Å². The molecule has 36 heavy (non-hydrogen) atoms. The Kier molecular flexibility index (Phi) is 6.80. The number of nitrogens with one attached hydrogen (secondary N) is 1. The van der Waals surface area contributed by atoms with Crippen LogP contribution in [0.25, 0.3) is 27.5 Å². The van der Waals surface area contributed by atoms with Crippen LogP contribution in [0.5, 0.6) is 0 Å². The van der Waals surface area contributed by atoms with Crippen molar-refractivity contribution in [1.29, 1.82) is 0 Å². The molecule has 2 aromatic heterocycles. The third-order valence-electron chi connectivity index (χ3n) is 6.41.